The third-order valence-corrected chi connectivity index (χ3v) is 2.66. The molecule has 4 nitrogen and oxygen atoms in total. The van der Waals surface area contributed by atoms with Crippen molar-refractivity contribution >= 4 is 11.7 Å². The van der Waals surface area contributed by atoms with E-state index in [1.54, 1.807) is 12.1 Å². The Morgan fingerprint density at radius 1 is 1.21 bits per heavy atom. The second-order valence-corrected chi connectivity index (χ2v) is 4.35. The molecule has 0 saturated heterocycles. The fourth-order valence-electron chi connectivity index (χ4n) is 1.69. The standard InChI is InChI=1S/C15H16N2O2/c1-11-3-2-4-14(17-11)10-19-15(18)9-12-5-7-13(16)8-6-12/h2-8H,9-10,16H2,1H3. The number of aromatic nitrogens is 1. The van der Waals surface area contributed by atoms with Crippen LogP contribution < -0.4 is 5.73 Å². The Morgan fingerprint density at radius 2 is 1.95 bits per heavy atom. The number of nitrogens with zero attached hydrogens (tertiary/aromatic N) is 1. The van der Waals surface area contributed by atoms with Crippen LogP contribution in [0.4, 0.5) is 5.69 Å². The van der Waals surface area contributed by atoms with Crippen LogP contribution in [0.1, 0.15) is 17.0 Å². The van der Waals surface area contributed by atoms with Gasteiger partial charge >= 0.3 is 5.97 Å². The minimum Gasteiger partial charge on any atom is -0.459 e. The summed E-state index contributed by atoms with van der Waals surface area (Å²) >= 11 is 0. The molecule has 1 aromatic carbocycles. The van der Waals surface area contributed by atoms with Crippen LogP contribution in [0.3, 0.4) is 0 Å². The second kappa shape index (κ2) is 6.00. The average Bonchev–Trinajstić information content (AvgIpc) is 2.39. The minimum atomic E-state index is -0.270. The van der Waals surface area contributed by atoms with Crippen LogP contribution in [0.2, 0.25) is 0 Å². The van der Waals surface area contributed by atoms with Crippen molar-refractivity contribution in [3.05, 3.63) is 59.4 Å². The van der Waals surface area contributed by atoms with E-state index >= 15 is 0 Å². The van der Waals surface area contributed by atoms with Gasteiger partial charge in [-0.1, -0.05) is 18.2 Å². The summed E-state index contributed by atoms with van der Waals surface area (Å²) in [5.74, 6) is -0.270. The highest BCUT2D eigenvalue weighted by Gasteiger charge is 2.05. The van der Waals surface area contributed by atoms with Crippen molar-refractivity contribution in [2.75, 3.05) is 5.73 Å². The van der Waals surface area contributed by atoms with Gasteiger partial charge in [0.2, 0.25) is 0 Å². The molecule has 0 bridgehead atoms. The Bertz CT molecular complexity index is 565. The Labute approximate surface area is 112 Å². The smallest absolute Gasteiger partial charge is 0.310 e. The Hall–Kier alpha value is -2.36. The molecule has 0 aliphatic carbocycles. The van der Waals surface area contributed by atoms with Gasteiger partial charge in [-0.15, -0.1) is 0 Å². The maximum Gasteiger partial charge on any atom is 0.310 e. The lowest BCUT2D eigenvalue weighted by Crippen LogP contribution is -2.09. The van der Waals surface area contributed by atoms with E-state index in [0.717, 1.165) is 17.0 Å². The van der Waals surface area contributed by atoms with Crippen molar-refractivity contribution in [3.63, 3.8) is 0 Å². The molecule has 0 atom stereocenters. The summed E-state index contributed by atoms with van der Waals surface area (Å²) in [5.41, 5.74) is 8.81. The summed E-state index contributed by atoms with van der Waals surface area (Å²) in [5, 5.41) is 0. The zero-order valence-electron chi connectivity index (χ0n) is 10.8. The number of esters is 1. The summed E-state index contributed by atoms with van der Waals surface area (Å²) in [6, 6.07) is 12.8. The van der Waals surface area contributed by atoms with Gasteiger partial charge in [0, 0.05) is 11.4 Å². The molecule has 1 aromatic heterocycles. The number of hydrogen-bond donors (Lipinski definition) is 1. The van der Waals surface area contributed by atoms with Crippen LogP contribution in [-0.2, 0) is 22.6 Å². The zero-order valence-corrected chi connectivity index (χ0v) is 10.8. The topological polar surface area (TPSA) is 65.2 Å². The van der Waals surface area contributed by atoms with Gasteiger partial charge in [0.05, 0.1) is 12.1 Å². The maximum atomic E-state index is 11.7. The van der Waals surface area contributed by atoms with Crippen LogP contribution in [0.25, 0.3) is 0 Å². The van der Waals surface area contributed by atoms with Crippen LogP contribution in [0.5, 0.6) is 0 Å². The first-order valence-electron chi connectivity index (χ1n) is 6.06. The van der Waals surface area contributed by atoms with Gasteiger partial charge in [0.1, 0.15) is 6.61 Å². The van der Waals surface area contributed by atoms with E-state index in [1.807, 2.05) is 37.3 Å². The summed E-state index contributed by atoms with van der Waals surface area (Å²) in [7, 11) is 0. The van der Waals surface area contributed by atoms with Crippen LogP contribution in [0, 0.1) is 6.92 Å². The molecule has 2 rings (SSSR count). The summed E-state index contributed by atoms with van der Waals surface area (Å²) in [4.78, 5) is 15.9. The number of nitrogens with two attached hydrogens (primary N) is 1. The predicted molar refractivity (Wildman–Crippen MR) is 73.3 cm³/mol. The van der Waals surface area contributed by atoms with E-state index in [1.165, 1.54) is 0 Å². The van der Waals surface area contributed by atoms with Gasteiger partial charge in [0.15, 0.2) is 0 Å². The second-order valence-electron chi connectivity index (χ2n) is 4.35. The van der Waals surface area contributed by atoms with Crippen molar-refractivity contribution in [1.82, 2.24) is 4.98 Å². The summed E-state index contributed by atoms with van der Waals surface area (Å²) < 4.78 is 5.18. The monoisotopic (exact) mass is 256 g/mol. The fourth-order valence-corrected chi connectivity index (χ4v) is 1.69. The molecule has 0 amide bonds. The van der Waals surface area contributed by atoms with E-state index in [4.69, 9.17) is 10.5 Å². The van der Waals surface area contributed by atoms with Crippen LogP contribution in [0.15, 0.2) is 42.5 Å². The average molecular weight is 256 g/mol. The highest BCUT2D eigenvalue weighted by molar-refractivity contribution is 5.72. The Morgan fingerprint density at radius 3 is 2.63 bits per heavy atom. The minimum absolute atomic E-state index is 0.204. The molecule has 1 heterocycles. The van der Waals surface area contributed by atoms with E-state index in [-0.39, 0.29) is 19.0 Å². The molecule has 2 N–H and O–H groups in total. The third-order valence-electron chi connectivity index (χ3n) is 2.66. The lowest BCUT2D eigenvalue weighted by molar-refractivity contribution is -0.144. The van der Waals surface area contributed by atoms with Crippen molar-refractivity contribution in [3.8, 4) is 0 Å². The number of pyridine rings is 1. The van der Waals surface area contributed by atoms with Crippen molar-refractivity contribution < 1.29 is 9.53 Å². The Balaban J connectivity index is 1.86. The maximum absolute atomic E-state index is 11.7. The van der Waals surface area contributed by atoms with Gasteiger partial charge in [-0.05, 0) is 36.8 Å². The van der Waals surface area contributed by atoms with E-state index in [2.05, 4.69) is 4.98 Å². The number of hydrogen-bond acceptors (Lipinski definition) is 4. The molecule has 0 saturated carbocycles. The lowest BCUT2D eigenvalue weighted by Gasteiger charge is -2.05. The first-order valence-corrected chi connectivity index (χ1v) is 6.06. The molecule has 0 spiro atoms. The van der Waals surface area contributed by atoms with Gasteiger partial charge in [-0.25, -0.2) is 0 Å². The molecular formula is C15H16N2O2. The Kier molecular flexibility index (Phi) is 4.13. The molecule has 2 aromatic rings. The number of ether oxygens (including phenoxy) is 1. The largest absolute Gasteiger partial charge is 0.459 e. The number of benzene rings is 1. The molecule has 0 radical (unpaired) electrons. The van der Waals surface area contributed by atoms with Gasteiger partial charge in [0.25, 0.3) is 0 Å². The van der Waals surface area contributed by atoms with Gasteiger partial charge < -0.3 is 10.5 Å². The van der Waals surface area contributed by atoms with Crippen LogP contribution in [-0.4, -0.2) is 11.0 Å². The number of carbonyl (C=O) groups excluding carboxylic acids is 1. The molecule has 0 aliphatic heterocycles. The summed E-state index contributed by atoms with van der Waals surface area (Å²) in [6.07, 6.45) is 0.242. The first kappa shape index (κ1) is 13.1. The van der Waals surface area contributed by atoms with Gasteiger partial charge in [-0.2, -0.15) is 0 Å². The summed E-state index contributed by atoms with van der Waals surface area (Å²) in [6.45, 7) is 2.11. The molecule has 0 fully saturated rings. The number of anilines is 1. The number of nitrogen functional groups attached to an aromatic ring is 1. The molecule has 98 valence electrons. The molecule has 0 unspecified atom stereocenters. The predicted octanol–water partition coefficient (Wildman–Crippen LogP) is 2.26. The van der Waals surface area contributed by atoms with E-state index < -0.39 is 0 Å². The first-order chi connectivity index (χ1) is 9.13. The van der Waals surface area contributed by atoms with E-state index in [0.29, 0.717) is 5.69 Å². The van der Waals surface area contributed by atoms with Crippen LogP contribution >= 0.6 is 0 Å². The zero-order chi connectivity index (χ0) is 13.7. The lowest BCUT2D eigenvalue weighted by atomic mass is 10.1. The normalized spacial score (nSPS) is 10.2. The molecular weight excluding hydrogens is 240 g/mol. The van der Waals surface area contributed by atoms with Gasteiger partial charge in [-0.3, -0.25) is 9.78 Å². The molecule has 19 heavy (non-hydrogen) atoms. The third kappa shape index (κ3) is 4.10. The molecule has 4 heteroatoms. The number of aryl methyl sites for hydroxylation is 1. The number of rotatable bonds is 4. The quantitative estimate of drug-likeness (QED) is 0.673. The van der Waals surface area contributed by atoms with E-state index in [9.17, 15) is 4.79 Å². The SMILES string of the molecule is Cc1cccc(COC(=O)Cc2ccc(N)cc2)n1. The van der Waals surface area contributed by atoms with Crippen molar-refractivity contribution in [2.45, 2.75) is 20.0 Å². The highest BCUT2D eigenvalue weighted by atomic mass is 16.5. The van der Waals surface area contributed by atoms with Crippen molar-refractivity contribution in [2.24, 2.45) is 0 Å². The number of carbonyl (C=O) groups is 1. The highest BCUT2D eigenvalue weighted by Crippen LogP contribution is 2.07. The van der Waals surface area contributed by atoms with Crippen molar-refractivity contribution in [1.29, 1.82) is 0 Å². The fraction of sp³-hybridized carbons (Fsp3) is 0.200. The molecule has 0 aliphatic rings.